The minimum Gasteiger partial charge on any atom is -0.379 e. The molecule has 1 rings (SSSR count). The molecule has 1 fully saturated rings. The van der Waals surface area contributed by atoms with E-state index in [1.807, 2.05) is 0 Å². The summed E-state index contributed by atoms with van der Waals surface area (Å²) in [5.74, 6) is 0. The molecule has 0 spiro atoms. The maximum absolute atomic E-state index is 10.4. The average molecular weight is 215 g/mol. The number of carbonyl (C=O) groups excluding carboxylic acids is 1. The third-order valence-electron chi connectivity index (χ3n) is 2.39. The molecule has 88 valence electrons. The second kappa shape index (κ2) is 8.79. The van der Waals surface area contributed by atoms with Gasteiger partial charge in [0, 0.05) is 39.3 Å². The molecule has 0 bridgehead atoms. The Labute approximate surface area is 91.2 Å². The van der Waals surface area contributed by atoms with Crippen molar-refractivity contribution in [2.45, 2.75) is 0 Å². The van der Waals surface area contributed by atoms with Gasteiger partial charge in [-0.2, -0.15) is 0 Å². The van der Waals surface area contributed by atoms with Crippen molar-refractivity contribution in [3.05, 3.63) is 0 Å². The first kappa shape index (κ1) is 12.6. The molecule has 1 saturated heterocycles. The number of ether oxygens (including phenoxy) is 1. The first-order valence-corrected chi connectivity index (χ1v) is 5.58. The quantitative estimate of drug-likeness (QED) is 0.561. The third kappa shape index (κ3) is 6.57. The van der Waals surface area contributed by atoms with Gasteiger partial charge in [0.2, 0.25) is 0 Å². The van der Waals surface area contributed by atoms with E-state index in [9.17, 15) is 4.79 Å². The summed E-state index contributed by atoms with van der Waals surface area (Å²) in [6.07, 6.45) is 0.967. The summed E-state index contributed by atoms with van der Waals surface area (Å²) < 4.78 is 5.39. The van der Waals surface area contributed by atoms with Crippen LogP contribution in [0.1, 0.15) is 0 Å². The zero-order valence-electron chi connectivity index (χ0n) is 9.21. The minimum atomic E-state index is 0.528. The highest BCUT2D eigenvalue weighted by atomic mass is 16.5. The van der Waals surface area contributed by atoms with Crippen molar-refractivity contribution in [2.75, 3.05) is 59.0 Å². The normalized spacial score (nSPS) is 22.7. The van der Waals surface area contributed by atoms with Crippen molar-refractivity contribution < 1.29 is 9.53 Å². The summed E-state index contributed by atoms with van der Waals surface area (Å²) in [5.41, 5.74) is 0. The van der Waals surface area contributed by atoms with Crippen molar-refractivity contribution in [3.63, 3.8) is 0 Å². The van der Waals surface area contributed by atoms with Crippen molar-refractivity contribution in [2.24, 2.45) is 0 Å². The van der Waals surface area contributed by atoms with Crippen LogP contribution in [0.15, 0.2) is 0 Å². The summed E-state index contributed by atoms with van der Waals surface area (Å²) in [6, 6.07) is 0. The molecule has 0 amide bonds. The Hall–Kier alpha value is -0.490. The van der Waals surface area contributed by atoms with Crippen LogP contribution in [0.25, 0.3) is 0 Å². The molecule has 0 unspecified atom stereocenters. The summed E-state index contributed by atoms with van der Waals surface area (Å²) in [5, 5.41) is 6.58. The van der Waals surface area contributed by atoms with E-state index in [1.54, 1.807) is 0 Å². The predicted octanol–water partition coefficient (Wildman–Crippen LogP) is -1.30. The number of carbonyl (C=O) groups is 1. The van der Waals surface area contributed by atoms with E-state index >= 15 is 0 Å². The summed E-state index contributed by atoms with van der Waals surface area (Å²) in [7, 11) is 0. The lowest BCUT2D eigenvalue weighted by molar-refractivity contribution is -0.108. The van der Waals surface area contributed by atoms with Gasteiger partial charge >= 0.3 is 0 Å². The Balaban J connectivity index is 2.22. The van der Waals surface area contributed by atoms with Crippen LogP contribution in [0.2, 0.25) is 0 Å². The molecule has 0 saturated carbocycles. The lowest BCUT2D eigenvalue weighted by atomic mass is 10.4. The SMILES string of the molecule is O=CCN1CCNCCOCCNCC1. The Morgan fingerprint density at radius 2 is 1.67 bits per heavy atom. The van der Waals surface area contributed by atoms with Crippen LogP contribution in [0, 0.1) is 0 Å². The predicted molar refractivity (Wildman–Crippen MR) is 59.1 cm³/mol. The highest BCUT2D eigenvalue weighted by Crippen LogP contribution is 1.85. The van der Waals surface area contributed by atoms with Crippen LogP contribution in [-0.4, -0.2) is 70.2 Å². The second-order valence-electron chi connectivity index (χ2n) is 3.58. The van der Waals surface area contributed by atoms with E-state index < -0.39 is 0 Å². The van der Waals surface area contributed by atoms with Crippen LogP contribution in [0.5, 0.6) is 0 Å². The van der Waals surface area contributed by atoms with Crippen molar-refractivity contribution in [3.8, 4) is 0 Å². The summed E-state index contributed by atoms with van der Waals surface area (Å²) in [6.45, 7) is 7.48. The van der Waals surface area contributed by atoms with E-state index in [4.69, 9.17) is 4.74 Å². The molecule has 0 aromatic heterocycles. The zero-order valence-corrected chi connectivity index (χ0v) is 9.21. The Bertz CT molecular complexity index is 155. The molecular weight excluding hydrogens is 194 g/mol. The molecule has 1 aliphatic rings. The van der Waals surface area contributed by atoms with E-state index in [0.717, 1.165) is 58.8 Å². The van der Waals surface area contributed by atoms with Crippen LogP contribution in [0.4, 0.5) is 0 Å². The molecule has 1 heterocycles. The average Bonchev–Trinajstić information content (AvgIpc) is 2.22. The topological polar surface area (TPSA) is 53.6 Å². The van der Waals surface area contributed by atoms with E-state index in [1.165, 1.54) is 0 Å². The molecule has 1 aliphatic heterocycles. The molecule has 0 atom stereocenters. The number of rotatable bonds is 2. The first-order valence-electron chi connectivity index (χ1n) is 5.58. The monoisotopic (exact) mass is 215 g/mol. The fraction of sp³-hybridized carbons (Fsp3) is 0.900. The van der Waals surface area contributed by atoms with Crippen LogP contribution < -0.4 is 10.6 Å². The van der Waals surface area contributed by atoms with Gasteiger partial charge < -0.3 is 20.2 Å². The summed E-state index contributed by atoms with van der Waals surface area (Å²) >= 11 is 0. The molecule has 15 heavy (non-hydrogen) atoms. The van der Waals surface area contributed by atoms with Gasteiger partial charge in [-0.25, -0.2) is 0 Å². The number of hydrogen-bond donors (Lipinski definition) is 2. The highest BCUT2D eigenvalue weighted by Gasteiger charge is 2.03. The van der Waals surface area contributed by atoms with Crippen LogP contribution in [-0.2, 0) is 9.53 Å². The Kier molecular flexibility index (Phi) is 7.37. The van der Waals surface area contributed by atoms with Gasteiger partial charge in [-0.05, 0) is 0 Å². The van der Waals surface area contributed by atoms with Gasteiger partial charge in [-0.15, -0.1) is 0 Å². The molecule has 0 aromatic carbocycles. The third-order valence-corrected chi connectivity index (χ3v) is 2.39. The molecule has 0 radical (unpaired) electrons. The maximum Gasteiger partial charge on any atom is 0.133 e. The standard InChI is InChI=1S/C10H21N3O2/c14-8-7-13-5-1-11-3-9-15-10-4-12-2-6-13/h8,11-12H,1-7,9-10H2. The fourth-order valence-electron chi connectivity index (χ4n) is 1.51. The molecule has 5 nitrogen and oxygen atoms in total. The van der Waals surface area contributed by atoms with E-state index in [0.29, 0.717) is 6.54 Å². The van der Waals surface area contributed by atoms with E-state index in [-0.39, 0.29) is 0 Å². The minimum absolute atomic E-state index is 0.528. The van der Waals surface area contributed by atoms with Gasteiger partial charge in [0.15, 0.2) is 0 Å². The van der Waals surface area contributed by atoms with Gasteiger partial charge in [-0.1, -0.05) is 0 Å². The van der Waals surface area contributed by atoms with Gasteiger partial charge in [-0.3, -0.25) is 4.90 Å². The maximum atomic E-state index is 10.4. The van der Waals surface area contributed by atoms with Crippen LogP contribution in [0.3, 0.4) is 0 Å². The van der Waals surface area contributed by atoms with E-state index in [2.05, 4.69) is 15.5 Å². The highest BCUT2D eigenvalue weighted by molar-refractivity contribution is 5.51. The van der Waals surface area contributed by atoms with Gasteiger partial charge in [0.25, 0.3) is 0 Å². The largest absolute Gasteiger partial charge is 0.379 e. The van der Waals surface area contributed by atoms with Crippen LogP contribution >= 0.6 is 0 Å². The molecule has 5 heteroatoms. The van der Waals surface area contributed by atoms with Crippen molar-refractivity contribution >= 4 is 6.29 Å². The number of nitrogens with zero attached hydrogens (tertiary/aromatic N) is 1. The number of aldehydes is 1. The van der Waals surface area contributed by atoms with Crippen molar-refractivity contribution in [1.29, 1.82) is 0 Å². The number of hydrogen-bond acceptors (Lipinski definition) is 5. The molecular formula is C10H21N3O2. The van der Waals surface area contributed by atoms with Crippen molar-refractivity contribution in [1.82, 2.24) is 15.5 Å². The molecule has 0 aliphatic carbocycles. The molecule has 0 aromatic rings. The first-order chi connectivity index (χ1) is 7.43. The fourth-order valence-corrected chi connectivity index (χ4v) is 1.51. The summed E-state index contributed by atoms with van der Waals surface area (Å²) in [4.78, 5) is 12.6. The molecule has 2 N–H and O–H groups in total. The Morgan fingerprint density at radius 3 is 2.20 bits per heavy atom. The second-order valence-corrected chi connectivity index (χ2v) is 3.58. The Morgan fingerprint density at radius 1 is 1.07 bits per heavy atom. The zero-order chi connectivity index (χ0) is 10.8. The lowest BCUT2D eigenvalue weighted by Gasteiger charge is -2.21. The number of nitrogens with one attached hydrogen (secondary N) is 2. The van der Waals surface area contributed by atoms with Gasteiger partial charge in [0.1, 0.15) is 6.29 Å². The lowest BCUT2D eigenvalue weighted by Crippen LogP contribution is -2.40. The van der Waals surface area contributed by atoms with Gasteiger partial charge in [0.05, 0.1) is 19.8 Å². The smallest absolute Gasteiger partial charge is 0.133 e.